The Balaban J connectivity index is 1.62. The molecule has 1 aliphatic carbocycles. The predicted molar refractivity (Wildman–Crippen MR) is 78.3 cm³/mol. The largest absolute Gasteiger partial charge is 0.340 e. The maximum atomic E-state index is 12.1. The van der Waals surface area contributed by atoms with Gasteiger partial charge in [0.15, 0.2) is 0 Å². The Hall–Kier alpha value is -1.52. The minimum Gasteiger partial charge on any atom is -0.340 e. The molecule has 1 saturated heterocycles. The summed E-state index contributed by atoms with van der Waals surface area (Å²) in [6, 6.07) is 0.389. The first-order valence-electron chi connectivity index (χ1n) is 7.65. The Morgan fingerprint density at radius 1 is 1.25 bits per heavy atom. The summed E-state index contributed by atoms with van der Waals surface area (Å²) in [4.78, 5) is 25.7. The number of carbonyl (C=O) groups is 2. The van der Waals surface area contributed by atoms with Crippen molar-refractivity contribution in [3.63, 3.8) is 0 Å². The second-order valence-corrected chi connectivity index (χ2v) is 5.72. The predicted octanol–water partition coefficient (Wildman–Crippen LogP) is 1.80. The van der Waals surface area contributed by atoms with Gasteiger partial charge in [0.25, 0.3) is 0 Å². The molecule has 1 aliphatic heterocycles. The Morgan fingerprint density at radius 2 is 2.00 bits per heavy atom. The zero-order valence-corrected chi connectivity index (χ0v) is 12.2. The molecule has 5 heteroatoms. The molecule has 2 N–H and O–H groups in total. The monoisotopic (exact) mass is 279 g/mol. The summed E-state index contributed by atoms with van der Waals surface area (Å²) in [5, 5.41) is 5.67. The molecule has 2 aliphatic rings. The molecule has 0 spiro atoms. The third-order valence-corrected chi connectivity index (χ3v) is 4.09. The highest BCUT2D eigenvalue weighted by atomic mass is 16.2. The number of rotatable bonds is 4. The minimum absolute atomic E-state index is 0.153. The number of nitrogens with zero attached hydrogens (tertiary/aromatic N) is 1. The van der Waals surface area contributed by atoms with E-state index in [1.54, 1.807) is 0 Å². The molecule has 1 atom stereocenters. The first-order valence-corrected chi connectivity index (χ1v) is 7.65. The van der Waals surface area contributed by atoms with E-state index < -0.39 is 0 Å². The van der Waals surface area contributed by atoms with Gasteiger partial charge in [-0.05, 0) is 39.0 Å². The molecule has 0 radical (unpaired) electrons. The molecule has 0 bridgehead atoms. The summed E-state index contributed by atoms with van der Waals surface area (Å²) in [5.41, 5.74) is 0. The molecule has 0 saturated carbocycles. The zero-order chi connectivity index (χ0) is 14.4. The van der Waals surface area contributed by atoms with Gasteiger partial charge >= 0.3 is 6.03 Å². The lowest BCUT2D eigenvalue weighted by atomic mass is 10.0. The zero-order valence-electron chi connectivity index (χ0n) is 12.2. The molecule has 2 rings (SSSR count). The second-order valence-electron chi connectivity index (χ2n) is 5.72. The smallest absolute Gasteiger partial charge is 0.315 e. The lowest BCUT2D eigenvalue weighted by Gasteiger charge is -2.33. The van der Waals surface area contributed by atoms with Crippen molar-refractivity contribution in [1.82, 2.24) is 15.5 Å². The average Bonchev–Trinajstić information content (AvgIpc) is 2.92. The van der Waals surface area contributed by atoms with Crippen LogP contribution in [0.3, 0.4) is 0 Å². The van der Waals surface area contributed by atoms with Gasteiger partial charge in [0.2, 0.25) is 5.91 Å². The summed E-state index contributed by atoms with van der Waals surface area (Å²) >= 11 is 0. The van der Waals surface area contributed by atoms with Crippen LogP contribution in [-0.4, -0.2) is 42.0 Å². The number of hydrogen-bond acceptors (Lipinski definition) is 2. The van der Waals surface area contributed by atoms with Gasteiger partial charge in [0, 0.05) is 31.6 Å². The summed E-state index contributed by atoms with van der Waals surface area (Å²) in [7, 11) is 0. The number of carbonyl (C=O) groups excluding carboxylic acids is 2. The van der Waals surface area contributed by atoms with E-state index in [1.807, 2.05) is 4.90 Å². The van der Waals surface area contributed by atoms with Crippen molar-refractivity contribution in [3.05, 3.63) is 12.2 Å². The van der Waals surface area contributed by atoms with Gasteiger partial charge in [-0.1, -0.05) is 12.2 Å². The van der Waals surface area contributed by atoms with Crippen molar-refractivity contribution in [2.45, 2.75) is 57.5 Å². The van der Waals surface area contributed by atoms with Crippen LogP contribution in [-0.2, 0) is 4.79 Å². The van der Waals surface area contributed by atoms with Crippen LogP contribution < -0.4 is 10.6 Å². The van der Waals surface area contributed by atoms with E-state index in [2.05, 4.69) is 29.7 Å². The Labute approximate surface area is 120 Å². The second kappa shape index (κ2) is 7.31. The Bertz CT molecular complexity index is 373. The molecule has 0 unspecified atom stereocenters. The van der Waals surface area contributed by atoms with E-state index in [0.29, 0.717) is 19.0 Å². The first-order chi connectivity index (χ1) is 9.66. The molecule has 5 nitrogen and oxygen atoms in total. The molecule has 0 aromatic carbocycles. The van der Waals surface area contributed by atoms with Crippen molar-refractivity contribution in [1.29, 1.82) is 0 Å². The van der Waals surface area contributed by atoms with Crippen molar-refractivity contribution in [2.75, 3.05) is 13.1 Å². The summed E-state index contributed by atoms with van der Waals surface area (Å²) in [6.45, 7) is 3.37. The van der Waals surface area contributed by atoms with Gasteiger partial charge in [-0.3, -0.25) is 4.79 Å². The lowest BCUT2D eigenvalue weighted by Crippen LogP contribution is -2.45. The molecular formula is C15H25N3O2. The third-order valence-electron chi connectivity index (χ3n) is 4.09. The van der Waals surface area contributed by atoms with E-state index in [1.165, 1.54) is 6.42 Å². The van der Waals surface area contributed by atoms with Gasteiger partial charge in [-0.25, -0.2) is 4.79 Å². The standard InChI is InChI=1S/C15H25N3O2/c1-12-6-4-5-11-18(12)14(19)9-10-16-15(20)17-13-7-2-3-8-13/h2-3,12-13H,4-11H2,1H3,(H2,16,17,20)/t12-/m1/s1. The van der Waals surface area contributed by atoms with Gasteiger partial charge in [-0.15, -0.1) is 0 Å². The molecule has 3 amide bonds. The van der Waals surface area contributed by atoms with Crippen LogP contribution in [0.15, 0.2) is 12.2 Å². The normalized spacial score (nSPS) is 22.9. The van der Waals surface area contributed by atoms with E-state index in [4.69, 9.17) is 0 Å². The molecular weight excluding hydrogens is 254 g/mol. The summed E-state index contributed by atoms with van der Waals surface area (Å²) < 4.78 is 0. The number of likely N-dealkylation sites (tertiary alicyclic amines) is 1. The number of nitrogens with one attached hydrogen (secondary N) is 2. The van der Waals surface area contributed by atoms with E-state index in [0.717, 1.165) is 32.2 Å². The molecule has 20 heavy (non-hydrogen) atoms. The van der Waals surface area contributed by atoms with E-state index in [-0.39, 0.29) is 18.0 Å². The number of amides is 3. The molecule has 1 fully saturated rings. The Kier molecular flexibility index (Phi) is 5.44. The average molecular weight is 279 g/mol. The van der Waals surface area contributed by atoms with Crippen LogP contribution in [0.1, 0.15) is 45.4 Å². The van der Waals surface area contributed by atoms with E-state index >= 15 is 0 Å². The van der Waals surface area contributed by atoms with Crippen LogP contribution in [0.4, 0.5) is 4.79 Å². The first kappa shape index (κ1) is 14.9. The molecule has 112 valence electrons. The van der Waals surface area contributed by atoms with Crippen molar-refractivity contribution in [2.24, 2.45) is 0 Å². The summed E-state index contributed by atoms with van der Waals surface area (Å²) in [5.74, 6) is 0.153. The highest BCUT2D eigenvalue weighted by Gasteiger charge is 2.22. The highest BCUT2D eigenvalue weighted by Crippen LogP contribution is 2.16. The minimum atomic E-state index is -0.168. The van der Waals surface area contributed by atoms with Crippen molar-refractivity contribution in [3.8, 4) is 0 Å². The van der Waals surface area contributed by atoms with Gasteiger partial charge < -0.3 is 15.5 Å². The molecule has 1 heterocycles. The number of piperidine rings is 1. The van der Waals surface area contributed by atoms with Gasteiger partial charge in [-0.2, -0.15) is 0 Å². The van der Waals surface area contributed by atoms with Crippen LogP contribution in [0.2, 0.25) is 0 Å². The molecule has 0 aromatic rings. The fraction of sp³-hybridized carbons (Fsp3) is 0.733. The maximum Gasteiger partial charge on any atom is 0.315 e. The maximum absolute atomic E-state index is 12.1. The van der Waals surface area contributed by atoms with Crippen molar-refractivity contribution >= 4 is 11.9 Å². The topological polar surface area (TPSA) is 61.4 Å². The third kappa shape index (κ3) is 4.25. The van der Waals surface area contributed by atoms with Crippen LogP contribution >= 0.6 is 0 Å². The summed E-state index contributed by atoms with van der Waals surface area (Å²) in [6.07, 6.45) is 9.74. The van der Waals surface area contributed by atoms with Gasteiger partial charge in [0.1, 0.15) is 0 Å². The van der Waals surface area contributed by atoms with E-state index in [9.17, 15) is 9.59 Å². The highest BCUT2D eigenvalue weighted by molar-refractivity contribution is 5.78. The van der Waals surface area contributed by atoms with Gasteiger partial charge in [0.05, 0.1) is 0 Å². The quantitative estimate of drug-likeness (QED) is 0.771. The number of urea groups is 1. The number of hydrogen-bond donors (Lipinski definition) is 2. The molecule has 0 aromatic heterocycles. The lowest BCUT2D eigenvalue weighted by molar-refractivity contribution is -0.134. The van der Waals surface area contributed by atoms with Crippen LogP contribution in [0.25, 0.3) is 0 Å². The Morgan fingerprint density at radius 3 is 2.70 bits per heavy atom. The van der Waals surface area contributed by atoms with Crippen molar-refractivity contribution < 1.29 is 9.59 Å². The fourth-order valence-electron chi connectivity index (χ4n) is 2.87. The SMILES string of the molecule is C[C@@H]1CCCCN1C(=O)CCNC(=O)NC1CC=CC1. The van der Waals surface area contributed by atoms with Crippen LogP contribution in [0.5, 0.6) is 0 Å². The fourth-order valence-corrected chi connectivity index (χ4v) is 2.87. The van der Waals surface area contributed by atoms with Crippen LogP contribution in [0, 0.1) is 0 Å².